The van der Waals surface area contributed by atoms with Crippen LogP contribution in [0.25, 0.3) is 0 Å². The maximum Gasteiger partial charge on any atom is 0.436 e. The summed E-state index contributed by atoms with van der Waals surface area (Å²) in [5.41, 5.74) is -0.219. The molecule has 0 aliphatic carbocycles. The Morgan fingerprint density at radius 3 is 2.41 bits per heavy atom. The van der Waals surface area contributed by atoms with Gasteiger partial charge in [-0.2, -0.15) is 27.1 Å². The fourth-order valence-corrected chi connectivity index (χ4v) is 2.84. The molecule has 0 fully saturated rings. The molecule has 0 aliphatic rings. The lowest BCUT2D eigenvalue weighted by atomic mass is 10.2. The number of amides is 1. The Morgan fingerprint density at radius 2 is 1.93 bits per heavy atom. The van der Waals surface area contributed by atoms with Crippen molar-refractivity contribution in [1.82, 2.24) is 9.78 Å². The topological polar surface area (TPSA) is 56.1 Å². The second kappa shape index (κ2) is 7.83. The Kier molecular flexibility index (Phi) is 6.13. The normalized spacial score (nSPS) is 13.0. The number of anilines is 1. The van der Waals surface area contributed by atoms with Crippen LogP contribution in [-0.2, 0) is 11.0 Å². The highest BCUT2D eigenvalue weighted by Crippen LogP contribution is 2.36. The summed E-state index contributed by atoms with van der Waals surface area (Å²) >= 11 is 2.85. The lowest BCUT2D eigenvalue weighted by Gasteiger charge is -2.16. The second-order valence-corrected chi connectivity index (χ2v) is 6.50. The number of carbonyl (C=O) groups excluding carboxylic acids is 1. The van der Waals surface area contributed by atoms with Crippen LogP contribution in [0.3, 0.4) is 0 Å². The van der Waals surface area contributed by atoms with Gasteiger partial charge in [-0.05, 0) is 60.5 Å². The van der Waals surface area contributed by atoms with E-state index in [9.17, 15) is 26.7 Å². The van der Waals surface area contributed by atoms with Gasteiger partial charge in [0.05, 0.1) is 10.2 Å². The molecule has 0 aliphatic heterocycles. The van der Waals surface area contributed by atoms with Crippen LogP contribution in [0.1, 0.15) is 29.9 Å². The third-order valence-corrected chi connectivity index (χ3v) is 4.72. The summed E-state index contributed by atoms with van der Waals surface area (Å²) in [6.07, 6.45) is -4.66. The number of benzene rings is 1. The van der Waals surface area contributed by atoms with Gasteiger partial charge in [-0.3, -0.25) is 9.48 Å². The fourth-order valence-electron chi connectivity index (χ4n) is 2.36. The monoisotopic (exact) mass is 455 g/mol. The SMILES string of the molecule is Cc1cc(OC(F)F)ccc1NC(=O)C(C)n1nc(C(F)(F)F)c(Br)c1C. The number of hydrogen-bond acceptors (Lipinski definition) is 3. The molecule has 1 aromatic carbocycles. The fraction of sp³-hybridized carbons (Fsp3) is 0.375. The molecule has 2 aromatic rings. The summed E-state index contributed by atoms with van der Waals surface area (Å²) in [7, 11) is 0. The largest absolute Gasteiger partial charge is 0.436 e. The van der Waals surface area contributed by atoms with E-state index in [1.807, 2.05) is 0 Å². The number of hydrogen-bond donors (Lipinski definition) is 1. The molecule has 27 heavy (non-hydrogen) atoms. The predicted octanol–water partition coefficient (Wildman–Crippen LogP) is 5.08. The first-order valence-electron chi connectivity index (χ1n) is 7.60. The van der Waals surface area contributed by atoms with E-state index in [0.29, 0.717) is 11.3 Å². The molecule has 1 heterocycles. The van der Waals surface area contributed by atoms with Crippen LogP contribution >= 0.6 is 15.9 Å². The summed E-state index contributed by atoms with van der Waals surface area (Å²) in [4.78, 5) is 12.4. The van der Waals surface area contributed by atoms with Crippen LogP contribution in [0.4, 0.5) is 27.6 Å². The third-order valence-electron chi connectivity index (χ3n) is 3.77. The third kappa shape index (κ3) is 4.76. The standard InChI is InChI=1S/C16H15BrF5N3O2/c1-7-6-10(27-15(18)19)4-5-11(7)23-14(26)9(3)25-8(2)12(17)13(24-25)16(20,21)22/h4-6,9,15H,1-3H3,(H,23,26). The smallest absolute Gasteiger partial charge is 0.435 e. The average Bonchev–Trinajstić information content (AvgIpc) is 2.84. The Bertz CT molecular complexity index is 851. The second-order valence-electron chi connectivity index (χ2n) is 5.71. The van der Waals surface area contributed by atoms with Crippen molar-refractivity contribution in [2.24, 2.45) is 0 Å². The van der Waals surface area contributed by atoms with E-state index in [-0.39, 0.29) is 15.9 Å². The zero-order valence-corrected chi connectivity index (χ0v) is 16.0. The highest BCUT2D eigenvalue weighted by molar-refractivity contribution is 9.10. The van der Waals surface area contributed by atoms with Crippen molar-refractivity contribution in [1.29, 1.82) is 0 Å². The van der Waals surface area contributed by atoms with Crippen LogP contribution in [0, 0.1) is 13.8 Å². The molecule has 5 nitrogen and oxygen atoms in total. The first-order chi connectivity index (χ1) is 12.4. The number of aromatic nitrogens is 2. The van der Waals surface area contributed by atoms with E-state index in [0.717, 1.165) is 4.68 Å². The van der Waals surface area contributed by atoms with E-state index in [4.69, 9.17) is 0 Å². The van der Waals surface area contributed by atoms with Crippen molar-refractivity contribution in [2.75, 3.05) is 5.32 Å². The number of nitrogens with zero attached hydrogens (tertiary/aromatic N) is 2. The highest BCUT2D eigenvalue weighted by atomic mass is 79.9. The molecule has 2 rings (SSSR count). The minimum absolute atomic E-state index is 0.0739. The summed E-state index contributed by atoms with van der Waals surface area (Å²) in [5.74, 6) is -0.692. The maximum atomic E-state index is 13.0. The first-order valence-corrected chi connectivity index (χ1v) is 8.39. The van der Waals surface area contributed by atoms with Crippen LogP contribution in [0.5, 0.6) is 5.75 Å². The summed E-state index contributed by atoms with van der Waals surface area (Å²) < 4.78 is 68.3. The zero-order chi connectivity index (χ0) is 20.5. The molecule has 1 unspecified atom stereocenters. The summed E-state index contributed by atoms with van der Waals surface area (Å²) in [6, 6.07) is 2.87. The molecule has 11 heteroatoms. The molecular weight excluding hydrogens is 441 g/mol. The van der Waals surface area contributed by atoms with E-state index in [1.54, 1.807) is 6.92 Å². The van der Waals surface area contributed by atoms with E-state index >= 15 is 0 Å². The highest BCUT2D eigenvalue weighted by Gasteiger charge is 2.39. The molecule has 1 aromatic heterocycles. The molecular formula is C16H15BrF5N3O2. The molecule has 1 atom stereocenters. The van der Waals surface area contributed by atoms with Crippen molar-refractivity contribution >= 4 is 27.5 Å². The number of ether oxygens (including phenoxy) is 1. The quantitative estimate of drug-likeness (QED) is 0.639. The molecule has 0 radical (unpaired) electrons. The van der Waals surface area contributed by atoms with Crippen LogP contribution < -0.4 is 10.1 Å². The molecule has 0 spiro atoms. The Hall–Kier alpha value is -2.17. The number of alkyl halides is 5. The number of rotatable bonds is 5. The summed E-state index contributed by atoms with van der Waals surface area (Å²) in [5, 5.41) is 6.04. The van der Waals surface area contributed by atoms with E-state index in [1.165, 1.54) is 32.0 Å². The van der Waals surface area contributed by atoms with Crippen molar-refractivity contribution in [2.45, 2.75) is 39.6 Å². The molecule has 0 bridgehead atoms. The molecule has 0 saturated heterocycles. The van der Waals surface area contributed by atoms with Crippen LogP contribution in [0.2, 0.25) is 0 Å². The van der Waals surface area contributed by atoms with Gasteiger partial charge in [-0.15, -0.1) is 0 Å². The average molecular weight is 456 g/mol. The van der Waals surface area contributed by atoms with Gasteiger partial charge in [-0.25, -0.2) is 0 Å². The molecule has 1 amide bonds. The van der Waals surface area contributed by atoms with Gasteiger partial charge in [0.15, 0.2) is 5.69 Å². The summed E-state index contributed by atoms with van der Waals surface area (Å²) in [6.45, 7) is 1.38. The van der Waals surface area contributed by atoms with Gasteiger partial charge in [0, 0.05) is 5.69 Å². The van der Waals surface area contributed by atoms with Crippen LogP contribution in [-0.4, -0.2) is 22.3 Å². The minimum atomic E-state index is -4.66. The number of nitrogens with one attached hydrogen (secondary N) is 1. The van der Waals surface area contributed by atoms with Crippen LogP contribution in [0.15, 0.2) is 22.7 Å². The molecule has 148 valence electrons. The number of aryl methyl sites for hydroxylation is 1. The Morgan fingerprint density at radius 1 is 1.30 bits per heavy atom. The molecule has 0 saturated carbocycles. The molecule has 1 N–H and O–H groups in total. The van der Waals surface area contributed by atoms with Gasteiger partial charge >= 0.3 is 12.8 Å². The van der Waals surface area contributed by atoms with Gasteiger partial charge in [0.25, 0.3) is 0 Å². The van der Waals surface area contributed by atoms with Crippen molar-refractivity contribution in [3.05, 3.63) is 39.6 Å². The van der Waals surface area contributed by atoms with E-state index in [2.05, 4.69) is 31.1 Å². The van der Waals surface area contributed by atoms with Gasteiger partial charge in [0.2, 0.25) is 5.91 Å². The Labute approximate surface area is 159 Å². The van der Waals surface area contributed by atoms with Gasteiger partial charge < -0.3 is 10.1 Å². The number of halogens is 6. The zero-order valence-electron chi connectivity index (χ0n) is 14.4. The first kappa shape index (κ1) is 21.1. The van der Waals surface area contributed by atoms with Crippen molar-refractivity contribution < 1.29 is 31.5 Å². The minimum Gasteiger partial charge on any atom is -0.435 e. The predicted molar refractivity (Wildman–Crippen MR) is 90.8 cm³/mol. The lowest BCUT2D eigenvalue weighted by Crippen LogP contribution is -2.26. The van der Waals surface area contributed by atoms with Crippen molar-refractivity contribution in [3.8, 4) is 5.75 Å². The maximum absolute atomic E-state index is 13.0. The number of carbonyl (C=O) groups is 1. The van der Waals surface area contributed by atoms with Gasteiger partial charge in [0.1, 0.15) is 11.8 Å². The van der Waals surface area contributed by atoms with Crippen molar-refractivity contribution in [3.63, 3.8) is 0 Å². The van der Waals surface area contributed by atoms with Gasteiger partial charge in [-0.1, -0.05) is 0 Å². The van der Waals surface area contributed by atoms with E-state index < -0.39 is 30.4 Å². The lowest BCUT2D eigenvalue weighted by molar-refractivity contribution is -0.142. The Balaban J connectivity index is 2.22.